The van der Waals surface area contributed by atoms with Crippen molar-refractivity contribution in [3.8, 4) is 53.3 Å². The molecule has 89 heavy (non-hydrogen) atoms. The molecule has 0 radical (unpaired) electrons. The van der Waals surface area contributed by atoms with E-state index in [4.69, 9.17) is 9.47 Å². The second-order valence-corrected chi connectivity index (χ2v) is 34.7. The van der Waals surface area contributed by atoms with Gasteiger partial charge in [-0.1, -0.05) is 187 Å². The lowest BCUT2D eigenvalue weighted by Crippen LogP contribution is -2.40. The first-order valence-corrected chi connectivity index (χ1v) is 36.5. The number of carbonyl (C=O) groups excluding carboxylic acids is 4. The fourth-order valence-corrected chi connectivity index (χ4v) is 19.8. The van der Waals surface area contributed by atoms with Crippen molar-refractivity contribution in [3.05, 3.63) is 115 Å². The van der Waals surface area contributed by atoms with Crippen molar-refractivity contribution in [1.29, 1.82) is 0 Å². The van der Waals surface area contributed by atoms with E-state index in [0.29, 0.717) is 47.3 Å². The third kappa shape index (κ3) is 11.4. The molecule has 2 atom stereocenters. The van der Waals surface area contributed by atoms with Crippen LogP contribution in [0, 0.1) is 22.7 Å². The number of rotatable bonds is 23. The molecule has 0 spiro atoms. The van der Waals surface area contributed by atoms with Gasteiger partial charge in [-0.2, -0.15) is 0 Å². The monoisotopic (exact) mass is 1290 g/mol. The quantitative estimate of drug-likeness (QED) is 0.0593. The molecule has 2 unspecified atom stereocenters. The highest BCUT2D eigenvalue weighted by atomic mass is 32.1. The summed E-state index contributed by atoms with van der Waals surface area (Å²) in [6, 6.07) is 26.4. The van der Waals surface area contributed by atoms with Gasteiger partial charge in [0.15, 0.2) is 0 Å². The third-order valence-corrected chi connectivity index (χ3v) is 28.8. The van der Waals surface area contributed by atoms with Crippen LogP contribution in [0.15, 0.2) is 72.8 Å². The van der Waals surface area contributed by atoms with Crippen LogP contribution < -0.4 is 9.47 Å². The molecule has 0 fully saturated rings. The van der Waals surface area contributed by atoms with Gasteiger partial charge in [0, 0.05) is 96.3 Å². The van der Waals surface area contributed by atoms with Gasteiger partial charge in [-0.25, -0.2) is 0 Å². The molecular formula is C76H94N2O6S5. The predicted octanol–water partition coefficient (Wildman–Crippen LogP) is 22.5. The number of benzene rings is 3. The van der Waals surface area contributed by atoms with Gasteiger partial charge in [-0.05, 0) is 95.2 Å². The molecule has 2 aliphatic heterocycles. The minimum atomic E-state index is -0.709. The standard InChI is InChI=1S/C76H94N2O6S5/c1-21-25-29-43(23-3)41-83-47-33-27-31-45(37-47)55-49-39-52(86-61(49)56(50-40-54(87-62(50)55)73(11,12)71(5,6)7)46-32-28-34-48(38-46)84-42-44(24-4)30-26-22-2)64-58-60(70(82)78(20)68(58)80)66(89-64)76(17,18)74(13,14)53-36-35-51(85-53)63-57-59(69(81)77(19)67(57)79)65(88-63)75(15,16)72(8,9)10/h27-28,31-40,43-44H,21-26,29-30,41-42H2,1-20H3. The molecule has 2 aliphatic rings. The number of ether oxygens (including phenoxy) is 2. The Hall–Kier alpha value is -5.44. The Morgan fingerprint density at radius 1 is 0.427 bits per heavy atom. The zero-order valence-corrected chi connectivity index (χ0v) is 60.6. The van der Waals surface area contributed by atoms with E-state index < -0.39 is 16.2 Å². The summed E-state index contributed by atoms with van der Waals surface area (Å²) in [6.45, 7) is 41.9. The highest BCUT2D eigenvalue weighted by molar-refractivity contribution is 7.27. The van der Waals surface area contributed by atoms with Crippen LogP contribution in [0.4, 0.5) is 0 Å². The van der Waals surface area contributed by atoms with Crippen LogP contribution in [-0.4, -0.2) is 60.7 Å². The Kier molecular flexibility index (Phi) is 18.3. The van der Waals surface area contributed by atoms with E-state index >= 15 is 0 Å². The van der Waals surface area contributed by atoms with Crippen LogP contribution in [0.3, 0.4) is 0 Å². The molecule has 8 nitrogen and oxygen atoms in total. The Labute approximate surface area is 550 Å². The van der Waals surface area contributed by atoms with Crippen molar-refractivity contribution in [2.24, 2.45) is 22.7 Å². The summed E-state index contributed by atoms with van der Waals surface area (Å²) in [4.78, 5) is 68.0. The number of carbonyl (C=O) groups is 4. The number of thiophene rings is 5. The van der Waals surface area contributed by atoms with Crippen LogP contribution in [0.1, 0.15) is 237 Å². The lowest BCUT2D eigenvalue weighted by Gasteiger charge is -2.41. The molecule has 0 bridgehead atoms. The second-order valence-electron chi connectivity index (χ2n) is 29.5. The predicted molar refractivity (Wildman–Crippen MR) is 380 cm³/mol. The van der Waals surface area contributed by atoms with Crippen molar-refractivity contribution >= 4 is 100 Å². The first kappa shape index (κ1) is 66.5. The highest BCUT2D eigenvalue weighted by Crippen LogP contribution is 2.60. The fraction of sp³-hybridized carbons (Fsp3) is 0.500. The van der Waals surface area contributed by atoms with Crippen LogP contribution in [-0.2, 0) is 21.7 Å². The lowest BCUT2D eigenvalue weighted by atomic mass is 9.65. The molecule has 7 heterocycles. The van der Waals surface area contributed by atoms with E-state index in [-0.39, 0.29) is 39.9 Å². The van der Waals surface area contributed by atoms with E-state index in [9.17, 15) is 19.2 Å². The van der Waals surface area contributed by atoms with Crippen LogP contribution in [0.2, 0.25) is 0 Å². The van der Waals surface area contributed by atoms with Crippen molar-refractivity contribution in [1.82, 2.24) is 9.80 Å². The molecule has 4 amide bonds. The largest absolute Gasteiger partial charge is 0.493 e. The summed E-state index contributed by atoms with van der Waals surface area (Å²) >= 11 is 8.37. The Morgan fingerprint density at radius 3 is 1.33 bits per heavy atom. The SMILES string of the molecule is CCCCC(CC)COc1cccc(-c2c3cc(C(C)(C)C(C)(C)C)sc3c(-c3cccc(OCC(CC)CCCC)c3)c3cc(-c4sc(C(C)(C)C(C)(C)c5ccc(-c6sc(C(C)(C)C(C)(C)C)c7c6C(=O)N(C)C7=O)s5)c5c4C(=O)N(C)C5=O)sc23)c1. The van der Waals surface area contributed by atoms with E-state index in [1.807, 2.05) is 11.3 Å². The third-order valence-electron chi connectivity index (χ3n) is 21.4. The van der Waals surface area contributed by atoms with Gasteiger partial charge in [-0.15, -0.1) is 56.7 Å². The van der Waals surface area contributed by atoms with Gasteiger partial charge in [0.1, 0.15) is 11.5 Å². The van der Waals surface area contributed by atoms with E-state index in [0.717, 1.165) is 117 Å². The zero-order chi connectivity index (χ0) is 64.8. The van der Waals surface area contributed by atoms with Crippen molar-refractivity contribution in [2.75, 3.05) is 27.3 Å². The van der Waals surface area contributed by atoms with E-state index in [2.05, 4.69) is 197 Å². The Balaban J connectivity index is 1.18. The Morgan fingerprint density at radius 2 is 0.865 bits per heavy atom. The number of hydrogen-bond acceptors (Lipinski definition) is 11. The average molecular weight is 1290 g/mol. The summed E-state index contributed by atoms with van der Waals surface area (Å²) in [5, 5.41) is 2.26. The van der Waals surface area contributed by atoms with Crippen LogP contribution in [0.25, 0.3) is 61.9 Å². The normalized spacial score (nSPS) is 15.1. The van der Waals surface area contributed by atoms with Gasteiger partial charge >= 0.3 is 0 Å². The molecule has 474 valence electrons. The average Bonchev–Trinajstić information content (AvgIpc) is 1.60. The van der Waals surface area contributed by atoms with Gasteiger partial charge in [-0.3, -0.25) is 29.0 Å². The lowest BCUT2D eigenvalue weighted by molar-refractivity contribution is 0.0676. The smallest absolute Gasteiger partial charge is 0.262 e. The van der Waals surface area contributed by atoms with Crippen molar-refractivity contribution in [3.63, 3.8) is 0 Å². The first-order chi connectivity index (χ1) is 41.8. The van der Waals surface area contributed by atoms with Crippen molar-refractivity contribution in [2.45, 2.75) is 198 Å². The van der Waals surface area contributed by atoms with Gasteiger partial charge in [0.2, 0.25) is 0 Å². The molecule has 13 heteroatoms. The minimum absolute atomic E-state index is 0.0547. The number of amides is 4. The summed E-state index contributed by atoms with van der Waals surface area (Å²) < 4.78 is 15.8. The molecule has 0 aliphatic carbocycles. The van der Waals surface area contributed by atoms with Crippen molar-refractivity contribution < 1.29 is 28.7 Å². The maximum atomic E-state index is 15.0. The number of fused-ring (bicyclic) bond motifs is 4. The minimum Gasteiger partial charge on any atom is -0.493 e. The molecule has 0 saturated carbocycles. The number of hydrogen-bond donors (Lipinski definition) is 0. The molecule has 0 saturated heterocycles. The summed E-state index contributed by atoms with van der Waals surface area (Å²) in [5.41, 5.74) is 4.18. The van der Waals surface area contributed by atoms with Crippen LogP contribution >= 0.6 is 56.7 Å². The van der Waals surface area contributed by atoms with Crippen LogP contribution in [0.5, 0.6) is 11.5 Å². The molecule has 10 rings (SSSR count). The summed E-state index contributed by atoms with van der Waals surface area (Å²) in [6.07, 6.45) is 9.09. The van der Waals surface area contributed by atoms with E-state index in [1.54, 1.807) is 59.4 Å². The second kappa shape index (κ2) is 24.6. The molecule has 8 aromatic rings. The summed E-state index contributed by atoms with van der Waals surface area (Å²) in [5.74, 6) is 1.52. The maximum Gasteiger partial charge on any atom is 0.262 e. The zero-order valence-electron chi connectivity index (χ0n) is 56.5. The molecular weight excluding hydrogens is 1200 g/mol. The molecule has 5 aromatic heterocycles. The van der Waals surface area contributed by atoms with Gasteiger partial charge < -0.3 is 9.47 Å². The Bertz CT molecular complexity index is 3920. The van der Waals surface area contributed by atoms with E-state index in [1.165, 1.54) is 37.6 Å². The number of nitrogens with zero attached hydrogens (tertiary/aromatic N) is 2. The molecule has 0 N–H and O–H groups in total. The number of imide groups is 2. The molecule has 3 aromatic carbocycles. The van der Waals surface area contributed by atoms with Gasteiger partial charge in [0.05, 0.1) is 45.2 Å². The number of unbranched alkanes of at least 4 members (excludes halogenated alkanes) is 2. The maximum absolute atomic E-state index is 15.0. The highest BCUT2D eigenvalue weighted by Gasteiger charge is 2.51. The first-order valence-electron chi connectivity index (χ1n) is 32.4. The topological polar surface area (TPSA) is 93.2 Å². The fourth-order valence-electron chi connectivity index (χ4n) is 12.3. The van der Waals surface area contributed by atoms with Gasteiger partial charge in [0.25, 0.3) is 23.6 Å². The summed E-state index contributed by atoms with van der Waals surface area (Å²) in [7, 11) is 3.19.